The number of phenols is 1. The van der Waals surface area contributed by atoms with E-state index in [4.69, 9.17) is 16.3 Å². The molecule has 28 heavy (non-hydrogen) atoms. The van der Waals surface area contributed by atoms with Crippen molar-refractivity contribution < 1.29 is 14.6 Å². The van der Waals surface area contributed by atoms with E-state index in [-0.39, 0.29) is 18.3 Å². The lowest BCUT2D eigenvalue weighted by Gasteiger charge is -2.24. The van der Waals surface area contributed by atoms with Gasteiger partial charge < -0.3 is 9.84 Å². The fourth-order valence-corrected chi connectivity index (χ4v) is 4.42. The Morgan fingerprint density at radius 2 is 2.04 bits per heavy atom. The van der Waals surface area contributed by atoms with Gasteiger partial charge in [0.25, 0.3) is 0 Å². The number of aromatic hydroxyl groups is 1. The monoisotopic (exact) mass is 464 g/mol. The van der Waals surface area contributed by atoms with Gasteiger partial charge in [0.15, 0.2) is 5.78 Å². The maximum absolute atomic E-state index is 12.0. The van der Waals surface area contributed by atoms with Crippen molar-refractivity contribution in [3.63, 3.8) is 0 Å². The van der Waals surface area contributed by atoms with Crippen LogP contribution in [0.4, 0.5) is 0 Å². The van der Waals surface area contributed by atoms with Crippen molar-refractivity contribution in [2.45, 2.75) is 51.9 Å². The number of carbonyl (C=O) groups excluding carboxylic acids is 1. The lowest BCUT2D eigenvalue weighted by molar-refractivity contribution is -0.122. The SMILES string of the molecule is CC(C)c1cc(Cc2c(Cl)cc(OCC(=O)CC3CCC3)cc2Br)ccc1O. The molecule has 3 nitrogen and oxygen atoms in total. The molecular formula is C23H26BrClO3. The molecule has 0 aliphatic heterocycles. The Morgan fingerprint density at radius 1 is 1.29 bits per heavy atom. The van der Waals surface area contributed by atoms with Crippen LogP contribution in [-0.2, 0) is 11.2 Å². The van der Waals surface area contributed by atoms with Gasteiger partial charge in [0.1, 0.15) is 18.1 Å². The van der Waals surface area contributed by atoms with Crippen LogP contribution in [0, 0.1) is 5.92 Å². The highest BCUT2D eigenvalue weighted by Gasteiger charge is 2.21. The number of benzene rings is 2. The van der Waals surface area contributed by atoms with Crippen molar-refractivity contribution in [2.24, 2.45) is 5.92 Å². The highest BCUT2D eigenvalue weighted by atomic mass is 79.9. The summed E-state index contributed by atoms with van der Waals surface area (Å²) in [6.07, 6.45) is 4.82. The Balaban J connectivity index is 1.68. The number of phenolic OH excluding ortho intramolecular Hbond substituents is 1. The first-order chi connectivity index (χ1) is 13.3. The molecule has 0 unspecified atom stereocenters. The molecule has 0 atom stereocenters. The van der Waals surface area contributed by atoms with E-state index in [0.29, 0.717) is 35.3 Å². The summed E-state index contributed by atoms with van der Waals surface area (Å²) in [5, 5.41) is 10.6. The Kier molecular flexibility index (Phi) is 7.05. The third kappa shape index (κ3) is 5.30. The largest absolute Gasteiger partial charge is 0.508 e. The van der Waals surface area contributed by atoms with Crippen LogP contribution in [0.3, 0.4) is 0 Å². The van der Waals surface area contributed by atoms with Gasteiger partial charge in [-0.2, -0.15) is 0 Å². The molecule has 0 spiro atoms. The molecule has 0 heterocycles. The first-order valence-electron chi connectivity index (χ1n) is 9.77. The second kappa shape index (κ2) is 9.32. The van der Waals surface area contributed by atoms with Gasteiger partial charge in [-0.1, -0.05) is 72.8 Å². The van der Waals surface area contributed by atoms with Gasteiger partial charge in [0.05, 0.1) is 0 Å². The molecule has 150 valence electrons. The predicted octanol–water partition coefficient (Wildman–Crippen LogP) is 6.66. The maximum atomic E-state index is 12.0. The summed E-state index contributed by atoms with van der Waals surface area (Å²) in [6.45, 7) is 4.20. The molecular weight excluding hydrogens is 440 g/mol. The zero-order chi connectivity index (χ0) is 20.3. The predicted molar refractivity (Wildman–Crippen MR) is 117 cm³/mol. The Morgan fingerprint density at radius 3 is 2.64 bits per heavy atom. The zero-order valence-corrected chi connectivity index (χ0v) is 18.6. The second-order valence-corrected chi connectivity index (χ2v) is 9.18. The summed E-state index contributed by atoms with van der Waals surface area (Å²) in [6, 6.07) is 9.29. The standard InChI is InChI=1S/C23H26BrClO3/c1-14(2)19-9-16(6-7-23(19)27)10-20-21(24)11-18(12-22(20)25)28-13-17(26)8-15-4-3-5-15/h6-7,9,11-12,14-15,27H,3-5,8,10,13H2,1-2H3. The maximum Gasteiger partial charge on any atom is 0.170 e. The summed E-state index contributed by atoms with van der Waals surface area (Å²) in [4.78, 5) is 12.0. The minimum Gasteiger partial charge on any atom is -0.508 e. The Bertz CT molecular complexity index is 836. The van der Waals surface area contributed by atoms with Crippen molar-refractivity contribution in [1.29, 1.82) is 0 Å². The van der Waals surface area contributed by atoms with E-state index in [0.717, 1.165) is 34.0 Å². The molecule has 0 aromatic heterocycles. The minimum absolute atomic E-state index is 0.0916. The molecule has 1 aliphatic carbocycles. The van der Waals surface area contributed by atoms with E-state index in [1.54, 1.807) is 12.1 Å². The average Bonchev–Trinajstić information content (AvgIpc) is 2.60. The van der Waals surface area contributed by atoms with E-state index >= 15 is 0 Å². The van der Waals surface area contributed by atoms with Crippen molar-refractivity contribution in [3.05, 3.63) is 56.5 Å². The van der Waals surface area contributed by atoms with E-state index in [1.165, 1.54) is 6.42 Å². The van der Waals surface area contributed by atoms with Crippen LogP contribution in [0.2, 0.25) is 5.02 Å². The molecule has 1 N–H and O–H groups in total. The Labute approximate surface area is 180 Å². The lowest BCUT2D eigenvalue weighted by Crippen LogP contribution is -2.20. The Hall–Kier alpha value is -1.52. The number of hydrogen-bond donors (Lipinski definition) is 1. The van der Waals surface area contributed by atoms with Crippen molar-refractivity contribution in [2.75, 3.05) is 6.61 Å². The van der Waals surface area contributed by atoms with Crippen molar-refractivity contribution >= 4 is 33.3 Å². The van der Waals surface area contributed by atoms with Crippen LogP contribution in [0.5, 0.6) is 11.5 Å². The summed E-state index contributed by atoms with van der Waals surface area (Å²) >= 11 is 10.1. The molecule has 3 rings (SSSR count). The summed E-state index contributed by atoms with van der Waals surface area (Å²) < 4.78 is 6.52. The highest BCUT2D eigenvalue weighted by molar-refractivity contribution is 9.10. The van der Waals surface area contributed by atoms with E-state index in [1.807, 2.05) is 18.2 Å². The molecule has 0 bridgehead atoms. The summed E-state index contributed by atoms with van der Waals surface area (Å²) in [7, 11) is 0. The van der Waals surface area contributed by atoms with Gasteiger partial charge in [-0.05, 0) is 46.7 Å². The number of hydrogen-bond acceptors (Lipinski definition) is 3. The van der Waals surface area contributed by atoms with Gasteiger partial charge in [-0.3, -0.25) is 4.79 Å². The lowest BCUT2D eigenvalue weighted by atomic mass is 9.82. The fourth-order valence-electron chi connectivity index (χ4n) is 3.45. The molecule has 2 aromatic rings. The third-order valence-electron chi connectivity index (χ3n) is 5.35. The minimum atomic E-state index is 0.0916. The van der Waals surface area contributed by atoms with E-state index < -0.39 is 0 Å². The van der Waals surface area contributed by atoms with Crippen LogP contribution in [0.25, 0.3) is 0 Å². The number of ketones is 1. The van der Waals surface area contributed by atoms with Crippen molar-refractivity contribution in [1.82, 2.24) is 0 Å². The topological polar surface area (TPSA) is 46.5 Å². The quantitative estimate of drug-likeness (QED) is 0.474. The average molecular weight is 466 g/mol. The molecule has 0 saturated heterocycles. The van der Waals surface area contributed by atoms with Crippen molar-refractivity contribution in [3.8, 4) is 11.5 Å². The normalized spacial score (nSPS) is 14.2. The number of ether oxygens (including phenoxy) is 1. The summed E-state index contributed by atoms with van der Waals surface area (Å²) in [5.41, 5.74) is 2.96. The van der Waals surface area contributed by atoms with E-state index in [2.05, 4.69) is 29.8 Å². The molecule has 0 radical (unpaired) electrons. The van der Waals surface area contributed by atoms with Crippen LogP contribution < -0.4 is 4.74 Å². The van der Waals surface area contributed by atoms with Gasteiger partial charge >= 0.3 is 0 Å². The highest BCUT2D eigenvalue weighted by Crippen LogP contribution is 2.34. The molecule has 1 saturated carbocycles. The van der Waals surface area contributed by atoms with Gasteiger partial charge in [-0.25, -0.2) is 0 Å². The van der Waals surface area contributed by atoms with Gasteiger partial charge in [-0.15, -0.1) is 0 Å². The molecule has 0 amide bonds. The number of carbonyl (C=O) groups is 1. The number of rotatable bonds is 8. The van der Waals surface area contributed by atoms with Crippen LogP contribution in [0.15, 0.2) is 34.8 Å². The molecule has 2 aromatic carbocycles. The smallest absolute Gasteiger partial charge is 0.170 e. The second-order valence-electron chi connectivity index (χ2n) is 7.92. The third-order valence-corrected chi connectivity index (χ3v) is 6.40. The van der Waals surface area contributed by atoms with Crippen LogP contribution in [0.1, 0.15) is 62.1 Å². The first-order valence-corrected chi connectivity index (χ1v) is 10.9. The summed E-state index contributed by atoms with van der Waals surface area (Å²) in [5.74, 6) is 1.85. The fraction of sp³-hybridized carbons (Fsp3) is 0.435. The number of Topliss-reactive ketones (excluding diaryl/α,β-unsaturated/α-hetero) is 1. The van der Waals surface area contributed by atoms with Gasteiger partial charge in [0, 0.05) is 22.3 Å². The molecule has 1 fully saturated rings. The molecule has 1 aliphatic rings. The first kappa shape index (κ1) is 21.2. The van der Waals surface area contributed by atoms with Gasteiger partial charge in [0.2, 0.25) is 0 Å². The zero-order valence-electron chi connectivity index (χ0n) is 16.3. The van der Waals surface area contributed by atoms with Crippen LogP contribution in [-0.4, -0.2) is 17.5 Å². The molecule has 5 heteroatoms. The van der Waals surface area contributed by atoms with Crippen LogP contribution >= 0.6 is 27.5 Å². The van der Waals surface area contributed by atoms with E-state index in [9.17, 15) is 9.90 Å². The number of halogens is 2.